The van der Waals surface area contributed by atoms with Crippen molar-refractivity contribution >= 4 is 17.6 Å². The van der Waals surface area contributed by atoms with Gasteiger partial charge >= 0.3 is 5.97 Å². The maximum Gasteiger partial charge on any atom is 0.339 e. The molecule has 0 heterocycles. The van der Waals surface area contributed by atoms with Crippen molar-refractivity contribution in [2.75, 3.05) is 0 Å². The highest BCUT2D eigenvalue weighted by Gasteiger charge is 2.62. The van der Waals surface area contributed by atoms with E-state index in [1.807, 2.05) is 12.1 Å². The zero-order valence-corrected chi connectivity index (χ0v) is 13.0. The third-order valence-electron chi connectivity index (χ3n) is 6.06. The summed E-state index contributed by atoms with van der Waals surface area (Å²) in [6, 6.07) is 7.09. The highest BCUT2D eigenvalue weighted by molar-refractivity contribution is 6.33. The Hall–Kier alpha value is -1.02. The van der Waals surface area contributed by atoms with E-state index in [-0.39, 0.29) is 22.9 Å². The lowest BCUT2D eigenvalue weighted by Crippen LogP contribution is -2.38. The molecule has 3 heteroatoms. The first-order chi connectivity index (χ1) is 9.36. The Balaban J connectivity index is 1.81. The number of fused-ring (bicyclic) bond motifs is 2. The molecule has 3 rings (SSSR count). The molecule has 0 aromatic heterocycles. The highest BCUT2D eigenvalue weighted by atomic mass is 35.5. The molecular weight excluding hydrogens is 272 g/mol. The van der Waals surface area contributed by atoms with Crippen LogP contribution in [0.4, 0.5) is 0 Å². The van der Waals surface area contributed by atoms with E-state index in [2.05, 4.69) is 20.8 Å². The molecule has 0 N–H and O–H groups in total. The molecule has 0 spiro atoms. The van der Waals surface area contributed by atoms with Gasteiger partial charge in [-0.15, -0.1) is 0 Å². The van der Waals surface area contributed by atoms with Crippen LogP contribution >= 0.6 is 11.6 Å². The Bertz CT molecular complexity index is 552. The van der Waals surface area contributed by atoms with Gasteiger partial charge in [0.25, 0.3) is 0 Å². The number of hydrogen-bond acceptors (Lipinski definition) is 2. The van der Waals surface area contributed by atoms with E-state index in [1.54, 1.807) is 12.1 Å². The SMILES string of the molecule is CC1(C)C2CCC1(C)[C@H](OC(=O)c1ccccc1Cl)C2. The predicted molar refractivity (Wildman–Crippen MR) is 79.9 cm³/mol. The molecule has 20 heavy (non-hydrogen) atoms. The number of ether oxygens (including phenoxy) is 1. The molecule has 2 unspecified atom stereocenters. The Kier molecular flexibility index (Phi) is 3.13. The first kappa shape index (κ1) is 13.9. The van der Waals surface area contributed by atoms with Crippen molar-refractivity contribution in [2.45, 2.75) is 46.1 Å². The summed E-state index contributed by atoms with van der Waals surface area (Å²) < 4.78 is 5.83. The molecule has 2 saturated carbocycles. The van der Waals surface area contributed by atoms with Gasteiger partial charge in [0.1, 0.15) is 6.10 Å². The van der Waals surface area contributed by atoms with E-state index in [1.165, 1.54) is 6.42 Å². The van der Waals surface area contributed by atoms with Crippen molar-refractivity contribution < 1.29 is 9.53 Å². The standard InChI is InChI=1S/C17H21ClO2/c1-16(2)11-8-9-17(16,3)14(10-11)20-15(19)12-6-4-5-7-13(12)18/h4-7,11,14H,8-10H2,1-3H3/t11?,14-,17?/m1/s1. The fourth-order valence-corrected chi connectivity index (χ4v) is 4.34. The first-order valence-electron chi connectivity index (χ1n) is 7.32. The summed E-state index contributed by atoms with van der Waals surface area (Å²) in [7, 11) is 0. The predicted octanol–water partition coefficient (Wildman–Crippen LogP) is 4.71. The minimum atomic E-state index is -0.287. The van der Waals surface area contributed by atoms with Gasteiger partial charge in [0.05, 0.1) is 10.6 Å². The maximum absolute atomic E-state index is 12.3. The fourth-order valence-electron chi connectivity index (χ4n) is 4.13. The maximum atomic E-state index is 12.3. The van der Waals surface area contributed by atoms with Crippen molar-refractivity contribution in [3.05, 3.63) is 34.9 Å². The zero-order chi connectivity index (χ0) is 14.5. The summed E-state index contributed by atoms with van der Waals surface area (Å²) in [6.07, 6.45) is 3.40. The lowest BCUT2D eigenvalue weighted by Gasteiger charge is -2.38. The average molecular weight is 293 g/mol. The third-order valence-corrected chi connectivity index (χ3v) is 6.39. The molecule has 0 saturated heterocycles. The summed E-state index contributed by atoms with van der Waals surface area (Å²) >= 11 is 6.07. The monoisotopic (exact) mass is 292 g/mol. The number of hydrogen-bond donors (Lipinski definition) is 0. The smallest absolute Gasteiger partial charge is 0.339 e. The van der Waals surface area contributed by atoms with Gasteiger partial charge in [-0.25, -0.2) is 4.79 Å². The van der Waals surface area contributed by atoms with Gasteiger partial charge in [-0.3, -0.25) is 0 Å². The molecule has 2 bridgehead atoms. The van der Waals surface area contributed by atoms with E-state index in [9.17, 15) is 4.79 Å². The zero-order valence-electron chi connectivity index (χ0n) is 12.3. The fraction of sp³-hybridized carbons (Fsp3) is 0.588. The minimum absolute atomic E-state index is 0.0139. The molecule has 2 fully saturated rings. The Morgan fingerprint density at radius 3 is 2.55 bits per heavy atom. The van der Waals surface area contributed by atoms with E-state index >= 15 is 0 Å². The molecule has 0 aliphatic heterocycles. The molecule has 2 aliphatic rings. The van der Waals surface area contributed by atoms with E-state index in [4.69, 9.17) is 16.3 Å². The topological polar surface area (TPSA) is 26.3 Å². The van der Waals surface area contributed by atoms with Crippen LogP contribution in [0.25, 0.3) is 0 Å². The average Bonchev–Trinajstić information content (AvgIpc) is 2.72. The Morgan fingerprint density at radius 1 is 1.30 bits per heavy atom. The van der Waals surface area contributed by atoms with Crippen LogP contribution in [0.15, 0.2) is 24.3 Å². The van der Waals surface area contributed by atoms with Crippen LogP contribution in [0.1, 0.15) is 50.4 Å². The quantitative estimate of drug-likeness (QED) is 0.738. The molecule has 0 radical (unpaired) electrons. The Labute approximate surface area is 125 Å². The second-order valence-corrected chi connectivity index (χ2v) is 7.39. The third kappa shape index (κ3) is 1.81. The van der Waals surface area contributed by atoms with Gasteiger partial charge in [0, 0.05) is 5.41 Å². The second kappa shape index (κ2) is 4.49. The molecule has 3 atom stereocenters. The van der Waals surface area contributed by atoms with Gasteiger partial charge in [-0.05, 0) is 42.7 Å². The molecular formula is C17H21ClO2. The van der Waals surface area contributed by atoms with Gasteiger partial charge < -0.3 is 4.74 Å². The van der Waals surface area contributed by atoms with Crippen LogP contribution in [-0.4, -0.2) is 12.1 Å². The summed E-state index contributed by atoms with van der Waals surface area (Å²) in [5, 5.41) is 0.463. The first-order valence-corrected chi connectivity index (χ1v) is 7.69. The van der Waals surface area contributed by atoms with Gasteiger partial charge in [-0.1, -0.05) is 44.5 Å². The van der Waals surface area contributed by atoms with Crippen LogP contribution in [-0.2, 0) is 4.74 Å². The molecule has 2 aliphatic carbocycles. The van der Waals surface area contributed by atoms with Crippen molar-refractivity contribution in [2.24, 2.45) is 16.7 Å². The lowest BCUT2D eigenvalue weighted by atomic mass is 9.70. The van der Waals surface area contributed by atoms with E-state index in [0.29, 0.717) is 16.5 Å². The van der Waals surface area contributed by atoms with Gasteiger partial charge in [0.2, 0.25) is 0 Å². The molecule has 108 valence electrons. The number of rotatable bonds is 2. The summed E-state index contributed by atoms with van der Waals surface area (Å²) in [4.78, 5) is 12.3. The Morgan fingerprint density at radius 2 is 2.00 bits per heavy atom. The summed E-state index contributed by atoms with van der Waals surface area (Å²) in [5.41, 5.74) is 0.811. The molecule has 2 nitrogen and oxygen atoms in total. The highest BCUT2D eigenvalue weighted by Crippen LogP contribution is 2.66. The lowest BCUT2D eigenvalue weighted by molar-refractivity contribution is -0.0242. The molecule has 1 aromatic rings. The number of halogens is 1. The van der Waals surface area contributed by atoms with Crippen molar-refractivity contribution in [1.82, 2.24) is 0 Å². The molecule has 0 amide bonds. The van der Waals surface area contributed by atoms with Crippen LogP contribution in [0, 0.1) is 16.7 Å². The van der Waals surface area contributed by atoms with Crippen LogP contribution < -0.4 is 0 Å². The van der Waals surface area contributed by atoms with E-state index in [0.717, 1.165) is 12.8 Å². The van der Waals surface area contributed by atoms with Crippen molar-refractivity contribution in [1.29, 1.82) is 0 Å². The minimum Gasteiger partial charge on any atom is -0.458 e. The number of carbonyl (C=O) groups excluding carboxylic acids is 1. The van der Waals surface area contributed by atoms with Crippen molar-refractivity contribution in [3.63, 3.8) is 0 Å². The van der Waals surface area contributed by atoms with Crippen LogP contribution in [0.2, 0.25) is 5.02 Å². The summed E-state index contributed by atoms with van der Waals surface area (Å²) in [6.45, 7) is 6.90. The van der Waals surface area contributed by atoms with E-state index < -0.39 is 0 Å². The second-order valence-electron chi connectivity index (χ2n) is 6.98. The largest absolute Gasteiger partial charge is 0.458 e. The van der Waals surface area contributed by atoms with Gasteiger partial charge in [0.15, 0.2) is 0 Å². The number of carbonyl (C=O) groups is 1. The van der Waals surface area contributed by atoms with Crippen molar-refractivity contribution in [3.8, 4) is 0 Å². The normalized spacial score (nSPS) is 34.2. The van der Waals surface area contributed by atoms with Gasteiger partial charge in [-0.2, -0.15) is 0 Å². The molecule has 1 aromatic carbocycles. The van der Waals surface area contributed by atoms with Crippen LogP contribution in [0.5, 0.6) is 0 Å². The number of benzene rings is 1. The van der Waals surface area contributed by atoms with Crippen LogP contribution in [0.3, 0.4) is 0 Å². The number of esters is 1. The summed E-state index contributed by atoms with van der Waals surface area (Å²) in [5.74, 6) is 0.377.